The van der Waals surface area contributed by atoms with Crippen molar-refractivity contribution in [3.8, 4) is 0 Å². The van der Waals surface area contributed by atoms with Crippen LogP contribution >= 0.6 is 11.3 Å². The molecule has 0 unspecified atom stereocenters. The van der Waals surface area contributed by atoms with E-state index >= 15 is 0 Å². The number of rotatable bonds is 4. The number of hydrogen-bond donors (Lipinski definition) is 0. The predicted molar refractivity (Wildman–Crippen MR) is 85.8 cm³/mol. The van der Waals surface area contributed by atoms with Gasteiger partial charge in [-0.1, -0.05) is 0 Å². The minimum atomic E-state index is -0.290. The maximum Gasteiger partial charge on any atom is 0.275 e. The van der Waals surface area contributed by atoms with Crippen molar-refractivity contribution in [2.45, 2.75) is 38.1 Å². The lowest BCUT2D eigenvalue weighted by Gasteiger charge is -2.22. The van der Waals surface area contributed by atoms with Crippen LogP contribution in [0.15, 0.2) is 22.5 Å². The minimum absolute atomic E-state index is 0.0501. The molecule has 24 heavy (non-hydrogen) atoms. The summed E-state index contributed by atoms with van der Waals surface area (Å²) in [6.07, 6.45) is 4.33. The van der Waals surface area contributed by atoms with Gasteiger partial charge in [-0.2, -0.15) is 0 Å². The quantitative estimate of drug-likeness (QED) is 0.840. The number of thiazole rings is 1. The number of nitrogens with zero attached hydrogens (tertiary/aromatic N) is 3. The lowest BCUT2D eigenvalue weighted by molar-refractivity contribution is -0.0000878. The molecule has 0 radical (unpaired) electrons. The Bertz CT molecular complexity index is 717. The second kappa shape index (κ2) is 6.27. The van der Waals surface area contributed by atoms with E-state index in [-0.39, 0.29) is 17.6 Å². The molecule has 2 aliphatic rings. The van der Waals surface area contributed by atoms with Crippen LogP contribution in [0.2, 0.25) is 0 Å². The highest BCUT2D eigenvalue weighted by molar-refractivity contribution is 7.09. The van der Waals surface area contributed by atoms with Crippen molar-refractivity contribution in [3.63, 3.8) is 0 Å². The molecule has 0 aromatic carbocycles. The number of hydrogen-bond acceptors (Lipinski definition) is 7. The van der Waals surface area contributed by atoms with Crippen molar-refractivity contribution in [2.75, 3.05) is 19.7 Å². The Morgan fingerprint density at radius 2 is 2.50 bits per heavy atom. The van der Waals surface area contributed by atoms with Gasteiger partial charge in [0, 0.05) is 18.3 Å². The van der Waals surface area contributed by atoms with Crippen molar-refractivity contribution in [2.24, 2.45) is 0 Å². The Morgan fingerprint density at radius 1 is 1.58 bits per heavy atom. The SMILES string of the molecule is Cc1nc(CO[C@H]2CO[C@]3(CCN(C(=O)c4cocn4)C3)C2)cs1. The fourth-order valence-electron chi connectivity index (χ4n) is 3.37. The molecule has 0 bridgehead atoms. The molecule has 8 heteroatoms. The van der Waals surface area contributed by atoms with Gasteiger partial charge < -0.3 is 18.8 Å². The molecule has 1 amide bonds. The third-order valence-corrected chi connectivity index (χ3v) is 5.39. The smallest absolute Gasteiger partial charge is 0.275 e. The van der Waals surface area contributed by atoms with Gasteiger partial charge in [-0.3, -0.25) is 4.79 Å². The van der Waals surface area contributed by atoms with Crippen LogP contribution in [0.4, 0.5) is 0 Å². The van der Waals surface area contributed by atoms with E-state index in [0.29, 0.717) is 32.0 Å². The Balaban J connectivity index is 1.32. The Morgan fingerprint density at radius 3 is 3.25 bits per heavy atom. The van der Waals surface area contributed by atoms with E-state index in [9.17, 15) is 4.79 Å². The average Bonchev–Trinajstić information content (AvgIpc) is 3.34. The summed E-state index contributed by atoms with van der Waals surface area (Å²) in [4.78, 5) is 22.5. The van der Waals surface area contributed by atoms with E-state index in [4.69, 9.17) is 13.9 Å². The molecule has 2 saturated heterocycles. The van der Waals surface area contributed by atoms with Gasteiger partial charge in [-0.25, -0.2) is 9.97 Å². The van der Waals surface area contributed by atoms with E-state index in [0.717, 1.165) is 23.5 Å². The standard InChI is InChI=1S/C16H19N3O4S/c1-11-18-12(8-24-11)5-22-13-4-16(23-6-13)2-3-19(9-16)15(20)14-7-21-10-17-14/h7-8,10,13H,2-6,9H2,1H3/t13-,16-/m1/s1. The van der Waals surface area contributed by atoms with Crippen LogP contribution in [0.3, 0.4) is 0 Å². The zero-order valence-electron chi connectivity index (χ0n) is 13.4. The van der Waals surface area contributed by atoms with Crippen LogP contribution in [-0.2, 0) is 16.1 Å². The average molecular weight is 349 g/mol. The molecular weight excluding hydrogens is 330 g/mol. The molecule has 2 fully saturated rings. The third kappa shape index (κ3) is 3.09. The molecule has 0 N–H and O–H groups in total. The normalized spacial score (nSPS) is 26.5. The summed E-state index contributed by atoms with van der Waals surface area (Å²) in [6.45, 7) is 4.31. The van der Waals surface area contributed by atoms with Gasteiger partial charge in [-0.05, 0) is 13.3 Å². The number of amides is 1. The van der Waals surface area contributed by atoms with Crippen molar-refractivity contribution in [1.29, 1.82) is 0 Å². The molecule has 0 aliphatic carbocycles. The van der Waals surface area contributed by atoms with Crippen LogP contribution in [0.25, 0.3) is 0 Å². The van der Waals surface area contributed by atoms with Crippen molar-refractivity contribution < 1.29 is 18.7 Å². The number of likely N-dealkylation sites (tertiary alicyclic amines) is 1. The minimum Gasteiger partial charge on any atom is -0.451 e. The van der Waals surface area contributed by atoms with Crippen LogP contribution < -0.4 is 0 Å². The molecule has 4 heterocycles. The van der Waals surface area contributed by atoms with Crippen LogP contribution in [-0.4, -0.2) is 52.2 Å². The van der Waals surface area contributed by atoms with E-state index in [2.05, 4.69) is 9.97 Å². The second-order valence-electron chi connectivity index (χ2n) is 6.34. The molecule has 2 atom stereocenters. The highest BCUT2D eigenvalue weighted by Gasteiger charge is 2.47. The second-order valence-corrected chi connectivity index (χ2v) is 7.40. The van der Waals surface area contributed by atoms with E-state index in [1.54, 1.807) is 16.2 Å². The first kappa shape index (κ1) is 15.7. The number of carbonyl (C=O) groups is 1. The summed E-state index contributed by atoms with van der Waals surface area (Å²) in [6, 6.07) is 0. The van der Waals surface area contributed by atoms with Gasteiger partial charge in [0.1, 0.15) is 6.26 Å². The van der Waals surface area contributed by atoms with E-state index in [1.807, 2.05) is 12.3 Å². The zero-order chi connectivity index (χ0) is 16.6. The van der Waals surface area contributed by atoms with Crippen molar-refractivity contribution in [1.82, 2.24) is 14.9 Å². The molecular formula is C16H19N3O4S. The summed E-state index contributed by atoms with van der Waals surface area (Å²) in [7, 11) is 0. The molecule has 7 nitrogen and oxygen atoms in total. The molecule has 2 aromatic rings. The van der Waals surface area contributed by atoms with Crippen LogP contribution in [0, 0.1) is 6.92 Å². The number of ether oxygens (including phenoxy) is 2. The number of aryl methyl sites for hydroxylation is 1. The summed E-state index contributed by atoms with van der Waals surface area (Å²) >= 11 is 1.63. The molecule has 128 valence electrons. The van der Waals surface area contributed by atoms with Gasteiger partial charge >= 0.3 is 0 Å². The summed E-state index contributed by atoms with van der Waals surface area (Å²) in [5.41, 5.74) is 1.02. The molecule has 2 aliphatic heterocycles. The van der Waals surface area contributed by atoms with E-state index in [1.165, 1.54) is 12.7 Å². The van der Waals surface area contributed by atoms with Crippen molar-refractivity contribution >= 4 is 17.2 Å². The first-order chi connectivity index (χ1) is 11.6. The largest absolute Gasteiger partial charge is 0.451 e. The van der Waals surface area contributed by atoms with Crippen LogP contribution in [0.1, 0.15) is 34.0 Å². The topological polar surface area (TPSA) is 77.7 Å². The maximum atomic E-state index is 12.4. The highest BCUT2D eigenvalue weighted by Crippen LogP contribution is 2.36. The number of aromatic nitrogens is 2. The molecule has 1 spiro atoms. The Hall–Kier alpha value is -1.77. The fourth-order valence-corrected chi connectivity index (χ4v) is 3.97. The summed E-state index contributed by atoms with van der Waals surface area (Å²) in [5.74, 6) is -0.105. The number of carbonyl (C=O) groups excluding carboxylic acids is 1. The van der Waals surface area contributed by atoms with E-state index < -0.39 is 0 Å². The lowest BCUT2D eigenvalue weighted by Crippen LogP contribution is -2.36. The molecule has 4 rings (SSSR count). The summed E-state index contributed by atoms with van der Waals surface area (Å²) in [5, 5.41) is 3.07. The predicted octanol–water partition coefficient (Wildman–Crippen LogP) is 2.03. The Kier molecular flexibility index (Phi) is 4.11. The van der Waals surface area contributed by atoms with Gasteiger partial charge in [0.05, 0.1) is 42.2 Å². The summed E-state index contributed by atoms with van der Waals surface area (Å²) < 4.78 is 16.9. The first-order valence-electron chi connectivity index (χ1n) is 7.98. The van der Waals surface area contributed by atoms with Gasteiger partial charge in [0.25, 0.3) is 5.91 Å². The first-order valence-corrected chi connectivity index (χ1v) is 8.86. The molecule has 0 saturated carbocycles. The number of oxazole rings is 1. The monoisotopic (exact) mass is 349 g/mol. The van der Waals surface area contributed by atoms with Gasteiger partial charge in [-0.15, -0.1) is 11.3 Å². The lowest BCUT2D eigenvalue weighted by atomic mass is 9.98. The zero-order valence-corrected chi connectivity index (χ0v) is 14.3. The van der Waals surface area contributed by atoms with Crippen LogP contribution in [0.5, 0.6) is 0 Å². The fraction of sp³-hybridized carbons (Fsp3) is 0.562. The third-order valence-electron chi connectivity index (χ3n) is 4.56. The molecule has 2 aromatic heterocycles. The van der Waals surface area contributed by atoms with Crippen molar-refractivity contribution in [3.05, 3.63) is 34.4 Å². The Labute approximate surface area is 143 Å². The van der Waals surface area contributed by atoms with Gasteiger partial charge in [0.15, 0.2) is 12.1 Å². The van der Waals surface area contributed by atoms with Gasteiger partial charge in [0.2, 0.25) is 0 Å². The highest BCUT2D eigenvalue weighted by atomic mass is 32.1. The maximum absolute atomic E-state index is 12.4.